The lowest BCUT2D eigenvalue weighted by molar-refractivity contribution is 0.337. The van der Waals surface area contributed by atoms with Gasteiger partial charge in [0.2, 0.25) is 5.95 Å². The zero-order valence-electron chi connectivity index (χ0n) is 10.9. The first-order chi connectivity index (χ1) is 8.60. The van der Waals surface area contributed by atoms with Gasteiger partial charge in [0, 0.05) is 25.2 Å². The highest BCUT2D eigenvalue weighted by atomic mass is 15.3. The van der Waals surface area contributed by atoms with E-state index in [-0.39, 0.29) is 5.95 Å². The zero-order chi connectivity index (χ0) is 13.1. The van der Waals surface area contributed by atoms with E-state index in [0.717, 1.165) is 31.9 Å². The van der Waals surface area contributed by atoms with Crippen LogP contribution in [-0.2, 0) is 0 Å². The summed E-state index contributed by atoms with van der Waals surface area (Å²) in [6.45, 7) is 5.26. The summed E-state index contributed by atoms with van der Waals surface area (Å²) in [5.74, 6) is 7.00. The van der Waals surface area contributed by atoms with Crippen molar-refractivity contribution in [3.05, 3.63) is 6.07 Å². The standard InChI is InChI=1S/C11H21N7/c1-8-7-17(2)4-3-5-18(8)10-6-9(16-13)14-11(12)15-10/h6,8H,3-5,7,13H2,1-2H3,(H3,12,14,15,16). The third-order valence-electron chi connectivity index (χ3n) is 3.22. The monoisotopic (exact) mass is 251 g/mol. The lowest BCUT2D eigenvalue weighted by Crippen LogP contribution is -2.38. The number of hydrogen-bond donors (Lipinski definition) is 3. The maximum absolute atomic E-state index is 5.70. The van der Waals surface area contributed by atoms with Crippen molar-refractivity contribution in [1.82, 2.24) is 14.9 Å². The second-order valence-corrected chi connectivity index (χ2v) is 4.77. The van der Waals surface area contributed by atoms with Crippen LogP contribution in [0.1, 0.15) is 13.3 Å². The van der Waals surface area contributed by atoms with E-state index in [1.54, 1.807) is 0 Å². The highest BCUT2D eigenvalue weighted by molar-refractivity contribution is 5.52. The fourth-order valence-electron chi connectivity index (χ4n) is 2.39. The van der Waals surface area contributed by atoms with E-state index < -0.39 is 0 Å². The van der Waals surface area contributed by atoms with E-state index in [0.29, 0.717) is 11.9 Å². The molecule has 0 aliphatic carbocycles. The van der Waals surface area contributed by atoms with Gasteiger partial charge in [0.05, 0.1) is 0 Å². The average molecular weight is 251 g/mol. The Balaban J connectivity index is 2.26. The normalized spacial score (nSPS) is 21.7. The largest absolute Gasteiger partial charge is 0.368 e. The minimum atomic E-state index is 0.241. The van der Waals surface area contributed by atoms with Crippen LogP contribution in [0.3, 0.4) is 0 Å². The average Bonchev–Trinajstić information content (AvgIpc) is 2.49. The number of rotatable bonds is 2. The van der Waals surface area contributed by atoms with Crippen LogP contribution in [0.2, 0.25) is 0 Å². The molecule has 2 heterocycles. The highest BCUT2D eigenvalue weighted by Crippen LogP contribution is 2.21. The van der Waals surface area contributed by atoms with E-state index in [1.165, 1.54) is 0 Å². The van der Waals surface area contributed by atoms with Gasteiger partial charge in [-0.3, -0.25) is 0 Å². The van der Waals surface area contributed by atoms with Gasteiger partial charge >= 0.3 is 0 Å². The molecule has 2 rings (SSSR count). The molecule has 0 radical (unpaired) electrons. The van der Waals surface area contributed by atoms with Crippen molar-refractivity contribution >= 4 is 17.6 Å². The van der Waals surface area contributed by atoms with Crippen LogP contribution >= 0.6 is 0 Å². The number of nitrogen functional groups attached to an aromatic ring is 2. The molecule has 1 aromatic rings. The Labute approximate surface area is 107 Å². The molecule has 1 unspecified atom stereocenters. The first-order valence-electron chi connectivity index (χ1n) is 6.16. The molecule has 7 heteroatoms. The van der Waals surface area contributed by atoms with Gasteiger partial charge in [0.1, 0.15) is 11.6 Å². The number of likely N-dealkylation sites (N-methyl/N-ethyl adjacent to an activating group) is 1. The predicted molar refractivity (Wildman–Crippen MR) is 73.2 cm³/mol. The van der Waals surface area contributed by atoms with E-state index in [2.05, 4.69) is 39.2 Å². The molecule has 18 heavy (non-hydrogen) atoms. The van der Waals surface area contributed by atoms with Crippen LogP contribution in [-0.4, -0.2) is 47.6 Å². The zero-order valence-corrected chi connectivity index (χ0v) is 10.9. The van der Waals surface area contributed by atoms with Crippen LogP contribution in [0.25, 0.3) is 0 Å². The van der Waals surface area contributed by atoms with Gasteiger partial charge in [0.15, 0.2) is 0 Å². The van der Waals surface area contributed by atoms with Gasteiger partial charge in [-0.1, -0.05) is 0 Å². The molecule has 0 aromatic carbocycles. The molecule has 1 atom stereocenters. The third-order valence-corrected chi connectivity index (χ3v) is 3.22. The molecule has 0 saturated carbocycles. The lowest BCUT2D eigenvalue weighted by atomic mass is 10.2. The fourth-order valence-corrected chi connectivity index (χ4v) is 2.39. The summed E-state index contributed by atoms with van der Waals surface area (Å²) in [4.78, 5) is 12.9. The first-order valence-corrected chi connectivity index (χ1v) is 6.16. The molecule has 1 aliphatic heterocycles. The summed E-state index contributed by atoms with van der Waals surface area (Å²) in [7, 11) is 2.14. The minimum absolute atomic E-state index is 0.241. The number of hydrogen-bond acceptors (Lipinski definition) is 7. The Bertz CT molecular complexity index is 408. The van der Waals surface area contributed by atoms with Crippen LogP contribution in [0.5, 0.6) is 0 Å². The summed E-state index contributed by atoms with van der Waals surface area (Å²) in [5.41, 5.74) is 8.22. The summed E-state index contributed by atoms with van der Waals surface area (Å²) >= 11 is 0. The Morgan fingerprint density at radius 3 is 2.89 bits per heavy atom. The third kappa shape index (κ3) is 2.80. The SMILES string of the molecule is CC1CN(C)CCCN1c1cc(NN)nc(N)n1. The second kappa shape index (κ2) is 5.36. The van der Waals surface area contributed by atoms with E-state index in [9.17, 15) is 0 Å². The smallest absolute Gasteiger partial charge is 0.223 e. The number of nitrogens with one attached hydrogen (secondary N) is 1. The van der Waals surface area contributed by atoms with E-state index in [4.69, 9.17) is 11.6 Å². The highest BCUT2D eigenvalue weighted by Gasteiger charge is 2.21. The van der Waals surface area contributed by atoms with Gasteiger partial charge in [0.25, 0.3) is 0 Å². The van der Waals surface area contributed by atoms with Crippen molar-refractivity contribution in [2.45, 2.75) is 19.4 Å². The molecule has 1 fully saturated rings. The van der Waals surface area contributed by atoms with Crippen LogP contribution in [0.4, 0.5) is 17.6 Å². The second-order valence-electron chi connectivity index (χ2n) is 4.77. The van der Waals surface area contributed by atoms with E-state index >= 15 is 0 Å². The van der Waals surface area contributed by atoms with Gasteiger partial charge in [-0.05, 0) is 26.9 Å². The van der Waals surface area contributed by atoms with Crippen molar-refractivity contribution in [1.29, 1.82) is 0 Å². The number of nitrogens with two attached hydrogens (primary N) is 2. The van der Waals surface area contributed by atoms with Crippen molar-refractivity contribution < 1.29 is 0 Å². The molecule has 0 amide bonds. The molecule has 0 spiro atoms. The van der Waals surface area contributed by atoms with Crippen molar-refractivity contribution in [3.8, 4) is 0 Å². The topological polar surface area (TPSA) is 96.3 Å². The summed E-state index contributed by atoms with van der Waals surface area (Å²) in [6, 6.07) is 2.22. The quantitative estimate of drug-likeness (QED) is 0.498. The predicted octanol–water partition coefficient (Wildman–Crippen LogP) is -0.125. The van der Waals surface area contributed by atoms with Crippen molar-refractivity contribution in [2.24, 2.45) is 5.84 Å². The Morgan fingerprint density at radius 1 is 1.39 bits per heavy atom. The lowest BCUT2D eigenvalue weighted by Gasteiger charge is -2.29. The van der Waals surface area contributed by atoms with Crippen LogP contribution in [0, 0.1) is 0 Å². The molecule has 7 nitrogen and oxygen atoms in total. The number of anilines is 3. The molecule has 1 saturated heterocycles. The van der Waals surface area contributed by atoms with Gasteiger partial charge in [-0.2, -0.15) is 9.97 Å². The van der Waals surface area contributed by atoms with Crippen LogP contribution < -0.4 is 21.9 Å². The Hall–Kier alpha value is -1.60. The number of hydrazine groups is 1. The summed E-state index contributed by atoms with van der Waals surface area (Å²) in [5, 5.41) is 0. The van der Waals surface area contributed by atoms with Gasteiger partial charge in [-0.25, -0.2) is 5.84 Å². The molecule has 100 valence electrons. The molecule has 0 bridgehead atoms. The van der Waals surface area contributed by atoms with Crippen molar-refractivity contribution in [3.63, 3.8) is 0 Å². The van der Waals surface area contributed by atoms with Gasteiger partial charge in [-0.15, -0.1) is 0 Å². The molecule has 5 N–H and O–H groups in total. The minimum Gasteiger partial charge on any atom is -0.368 e. The van der Waals surface area contributed by atoms with Crippen LogP contribution in [0.15, 0.2) is 6.07 Å². The Morgan fingerprint density at radius 2 is 2.17 bits per heavy atom. The van der Waals surface area contributed by atoms with Crippen molar-refractivity contribution in [2.75, 3.05) is 42.7 Å². The maximum Gasteiger partial charge on any atom is 0.223 e. The summed E-state index contributed by atoms with van der Waals surface area (Å²) < 4.78 is 0. The molecule has 1 aliphatic rings. The molecular formula is C11H21N7. The molecule has 1 aromatic heterocycles. The fraction of sp³-hybridized carbons (Fsp3) is 0.636. The Kier molecular flexibility index (Phi) is 3.83. The maximum atomic E-state index is 5.70. The first kappa shape index (κ1) is 12.8. The number of aromatic nitrogens is 2. The van der Waals surface area contributed by atoms with E-state index in [1.807, 2.05) is 6.07 Å². The van der Waals surface area contributed by atoms with Gasteiger partial charge < -0.3 is 21.0 Å². The molecular weight excluding hydrogens is 230 g/mol. The summed E-state index contributed by atoms with van der Waals surface area (Å²) in [6.07, 6.45) is 1.11. The number of nitrogens with zero attached hydrogens (tertiary/aromatic N) is 4.